The molecule has 4 heteroatoms. The first-order valence-electron chi connectivity index (χ1n) is 8.00. The Balaban J connectivity index is 1.95. The van der Waals surface area contributed by atoms with E-state index in [4.69, 9.17) is 4.42 Å². The van der Waals surface area contributed by atoms with Gasteiger partial charge in [0.25, 0.3) is 0 Å². The van der Waals surface area contributed by atoms with E-state index in [-0.39, 0.29) is 5.54 Å². The van der Waals surface area contributed by atoms with Crippen LogP contribution in [-0.2, 0) is 13.1 Å². The number of piperazine rings is 1. The number of hydrogen-bond acceptors (Lipinski definition) is 4. The fourth-order valence-corrected chi connectivity index (χ4v) is 2.80. The summed E-state index contributed by atoms with van der Waals surface area (Å²) >= 11 is 0. The Morgan fingerprint density at radius 2 is 2.05 bits per heavy atom. The Morgan fingerprint density at radius 3 is 2.67 bits per heavy atom. The number of furan rings is 1. The summed E-state index contributed by atoms with van der Waals surface area (Å²) in [6.07, 6.45) is 0. The summed E-state index contributed by atoms with van der Waals surface area (Å²) in [6, 6.07) is 2.79. The molecule has 120 valence electrons. The summed E-state index contributed by atoms with van der Waals surface area (Å²) in [5, 5.41) is 3.50. The molecule has 2 heterocycles. The smallest absolute Gasteiger partial charge is 0.120 e. The molecule has 1 unspecified atom stereocenters. The second kappa shape index (κ2) is 6.51. The number of nitrogens with one attached hydrogen (secondary N) is 1. The largest absolute Gasteiger partial charge is 0.463 e. The molecule has 0 saturated carbocycles. The first kappa shape index (κ1) is 16.5. The summed E-state index contributed by atoms with van der Waals surface area (Å²) < 4.78 is 6.07. The van der Waals surface area contributed by atoms with Crippen LogP contribution in [0.5, 0.6) is 0 Å². The summed E-state index contributed by atoms with van der Waals surface area (Å²) in [5.41, 5.74) is 1.37. The van der Waals surface area contributed by atoms with E-state index in [1.54, 1.807) is 0 Å². The molecule has 0 aliphatic carbocycles. The molecule has 1 aliphatic heterocycles. The highest BCUT2D eigenvalue weighted by Crippen LogP contribution is 2.19. The van der Waals surface area contributed by atoms with Gasteiger partial charge in [-0.2, -0.15) is 0 Å². The van der Waals surface area contributed by atoms with Gasteiger partial charge in [0.05, 0.1) is 13.1 Å². The van der Waals surface area contributed by atoms with Crippen LogP contribution in [-0.4, -0.2) is 48.1 Å². The molecule has 0 aromatic carbocycles. The molecule has 0 bridgehead atoms. The van der Waals surface area contributed by atoms with Crippen molar-refractivity contribution in [1.82, 2.24) is 15.1 Å². The third kappa shape index (κ3) is 4.83. The second-order valence-electron chi connectivity index (χ2n) is 7.50. The van der Waals surface area contributed by atoms with Gasteiger partial charge >= 0.3 is 0 Å². The van der Waals surface area contributed by atoms with Gasteiger partial charge < -0.3 is 14.6 Å². The minimum absolute atomic E-state index is 0.116. The average Bonchev–Trinajstić information content (AvgIpc) is 2.70. The molecule has 2 rings (SSSR count). The van der Waals surface area contributed by atoms with Crippen molar-refractivity contribution in [2.45, 2.75) is 59.3 Å². The lowest BCUT2D eigenvalue weighted by atomic mass is 10.1. The zero-order chi connectivity index (χ0) is 15.6. The zero-order valence-electron chi connectivity index (χ0n) is 14.5. The van der Waals surface area contributed by atoms with Crippen molar-refractivity contribution in [3.63, 3.8) is 0 Å². The lowest BCUT2D eigenvalue weighted by Gasteiger charge is -2.37. The van der Waals surface area contributed by atoms with Crippen molar-refractivity contribution in [3.05, 3.63) is 23.2 Å². The van der Waals surface area contributed by atoms with E-state index in [1.807, 2.05) is 0 Å². The predicted molar refractivity (Wildman–Crippen MR) is 87.4 cm³/mol. The van der Waals surface area contributed by atoms with Crippen LogP contribution in [0.15, 0.2) is 10.5 Å². The van der Waals surface area contributed by atoms with Crippen LogP contribution >= 0.6 is 0 Å². The number of likely N-dealkylation sites (N-methyl/N-ethyl adjacent to an activating group) is 1. The van der Waals surface area contributed by atoms with Crippen LogP contribution in [0.2, 0.25) is 0 Å². The Hall–Kier alpha value is -0.840. The van der Waals surface area contributed by atoms with E-state index in [9.17, 15) is 0 Å². The molecule has 1 atom stereocenters. The monoisotopic (exact) mass is 293 g/mol. The van der Waals surface area contributed by atoms with Crippen molar-refractivity contribution >= 4 is 0 Å². The van der Waals surface area contributed by atoms with Gasteiger partial charge in [0.2, 0.25) is 0 Å². The standard InChI is InChI=1S/C17H31N3O/c1-13-9-15(21-16(13)10-18-17(3,4)5)12-20-8-7-19(6)11-14(20)2/h9,14,18H,7-8,10-12H2,1-6H3. The van der Waals surface area contributed by atoms with Crippen LogP contribution in [0.25, 0.3) is 0 Å². The van der Waals surface area contributed by atoms with E-state index >= 15 is 0 Å². The first-order chi connectivity index (χ1) is 9.74. The maximum Gasteiger partial charge on any atom is 0.120 e. The topological polar surface area (TPSA) is 31.6 Å². The van der Waals surface area contributed by atoms with Crippen molar-refractivity contribution < 1.29 is 4.42 Å². The Labute approximate surface area is 129 Å². The molecule has 0 radical (unpaired) electrons. The van der Waals surface area contributed by atoms with E-state index in [2.05, 4.69) is 62.8 Å². The molecule has 4 nitrogen and oxygen atoms in total. The van der Waals surface area contributed by atoms with E-state index in [0.29, 0.717) is 6.04 Å². The molecule has 1 N–H and O–H groups in total. The van der Waals surface area contributed by atoms with Gasteiger partial charge in [0.15, 0.2) is 0 Å². The predicted octanol–water partition coefficient (Wildman–Crippen LogP) is 2.61. The van der Waals surface area contributed by atoms with Crippen LogP contribution in [0.4, 0.5) is 0 Å². The maximum atomic E-state index is 6.07. The molecule has 1 aliphatic rings. The van der Waals surface area contributed by atoms with Gasteiger partial charge in [0.1, 0.15) is 11.5 Å². The van der Waals surface area contributed by atoms with Gasteiger partial charge in [0, 0.05) is 31.2 Å². The minimum atomic E-state index is 0.116. The number of aryl methyl sites for hydroxylation is 1. The quantitative estimate of drug-likeness (QED) is 0.925. The SMILES string of the molecule is Cc1cc(CN2CCN(C)CC2C)oc1CNC(C)(C)C. The van der Waals surface area contributed by atoms with Crippen molar-refractivity contribution in [3.8, 4) is 0 Å². The molecular weight excluding hydrogens is 262 g/mol. The summed E-state index contributed by atoms with van der Waals surface area (Å²) in [4.78, 5) is 4.91. The molecular formula is C17H31N3O. The molecule has 1 fully saturated rings. The third-order valence-electron chi connectivity index (χ3n) is 4.18. The molecule has 1 aromatic rings. The van der Waals surface area contributed by atoms with E-state index < -0.39 is 0 Å². The van der Waals surface area contributed by atoms with Gasteiger partial charge in [-0.05, 0) is 53.3 Å². The lowest BCUT2D eigenvalue weighted by Crippen LogP contribution is -2.49. The van der Waals surface area contributed by atoms with Gasteiger partial charge in [-0.3, -0.25) is 4.90 Å². The normalized spacial score (nSPS) is 21.9. The number of hydrogen-bond donors (Lipinski definition) is 1. The number of rotatable bonds is 4. The Kier molecular flexibility index (Phi) is 5.12. The lowest BCUT2D eigenvalue weighted by molar-refractivity contribution is 0.0870. The molecule has 0 amide bonds. The van der Waals surface area contributed by atoms with Crippen molar-refractivity contribution in [2.24, 2.45) is 0 Å². The highest BCUT2D eigenvalue weighted by atomic mass is 16.3. The summed E-state index contributed by atoms with van der Waals surface area (Å²) in [5.74, 6) is 2.16. The Morgan fingerprint density at radius 1 is 1.33 bits per heavy atom. The zero-order valence-corrected chi connectivity index (χ0v) is 14.5. The fraction of sp³-hybridized carbons (Fsp3) is 0.765. The van der Waals surface area contributed by atoms with Crippen LogP contribution in [0.1, 0.15) is 44.8 Å². The Bertz CT molecular complexity index is 461. The summed E-state index contributed by atoms with van der Waals surface area (Å²) in [6.45, 7) is 16.1. The first-order valence-corrected chi connectivity index (χ1v) is 8.00. The highest BCUT2D eigenvalue weighted by molar-refractivity contribution is 5.20. The third-order valence-corrected chi connectivity index (χ3v) is 4.18. The van der Waals surface area contributed by atoms with Crippen molar-refractivity contribution in [2.75, 3.05) is 26.7 Å². The van der Waals surface area contributed by atoms with Crippen molar-refractivity contribution in [1.29, 1.82) is 0 Å². The molecule has 1 saturated heterocycles. The fourth-order valence-electron chi connectivity index (χ4n) is 2.80. The van der Waals surface area contributed by atoms with E-state index in [0.717, 1.165) is 44.2 Å². The minimum Gasteiger partial charge on any atom is -0.463 e. The second-order valence-corrected chi connectivity index (χ2v) is 7.50. The molecule has 0 spiro atoms. The van der Waals surface area contributed by atoms with E-state index in [1.165, 1.54) is 5.56 Å². The van der Waals surface area contributed by atoms with Gasteiger partial charge in [-0.25, -0.2) is 0 Å². The molecule has 1 aromatic heterocycles. The molecule has 21 heavy (non-hydrogen) atoms. The van der Waals surface area contributed by atoms with Gasteiger partial charge in [-0.1, -0.05) is 0 Å². The summed E-state index contributed by atoms with van der Waals surface area (Å²) in [7, 11) is 2.20. The number of nitrogens with zero attached hydrogens (tertiary/aromatic N) is 2. The van der Waals surface area contributed by atoms with Crippen LogP contribution in [0, 0.1) is 6.92 Å². The van der Waals surface area contributed by atoms with Gasteiger partial charge in [-0.15, -0.1) is 0 Å². The average molecular weight is 293 g/mol. The van der Waals surface area contributed by atoms with Crippen LogP contribution in [0.3, 0.4) is 0 Å². The van der Waals surface area contributed by atoms with Crippen LogP contribution < -0.4 is 5.32 Å². The highest BCUT2D eigenvalue weighted by Gasteiger charge is 2.23. The maximum absolute atomic E-state index is 6.07.